The van der Waals surface area contributed by atoms with Crippen molar-refractivity contribution in [3.8, 4) is 0 Å². The van der Waals surface area contributed by atoms with E-state index in [4.69, 9.17) is 10.8 Å². The molecule has 0 spiro atoms. The summed E-state index contributed by atoms with van der Waals surface area (Å²) in [5.74, 6) is -1.25. The lowest BCUT2D eigenvalue weighted by atomic mass is 9.87. The maximum atomic E-state index is 12.7. The first kappa shape index (κ1) is 8.74. The first-order valence-corrected chi connectivity index (χ1v) is 3.22. The molecule has 3 nitrogen and oxygen atoms in total. The van der Waals surface area contributed by atoms with Crippen LogP contribution >= 0.6 is 0 Å². The molecule has 0 aromatic heterocycles. The summed E-state index contributed by atoms with van der Waals surface area (Å²) in [4.78, 5) is 10.6. The zero-order valence-electron chi connectivity index (χ0n) is 6.12. The molecule has 1 aromatic carbocycles. The zero-order valence-corrected chi connectivity index (χ0v) is 6.12. The van der Waals surface area contributed by atoms with Gasteiger partial charge in [-0.25, -0.2) is 4.39 Å². The molecule has 0 unspecified atom stereocenters. The van der Waals surface area contributed by atoms with Gasteiger partial charge in [0.1, 0.15) is 5.82 Å². The summed E-state index contributed by atoms with van der Waals surface area (Å²) in [7, 11) is 0.585. The van der Waals surface area contributed by atoms with Crippen LogP contribution in [0.1, 0.15) is 10.4 Å². The predicted molar refractivity (Wildman–Crippen MR) is 42.5 cm³/mol. The van der Waals surface area contributed by atoms with Gasteiger partial charge in [-0.2, -0.15) is 0 Å². The third-order valence-corrected chi connectivity index (χ3v) is 1.42. The second-order valence-corrected chi connectivity index (χ2v) is 2.23. The maximum Gasteiger partial charge on any atom is 0.329 e. The van der Waals surface area contributed by atoms with Crippen LogP contribution in [-0.2, 0) is 0 Å². The summed E-state index contributed by atoms with van der Waals surface area (Å²) >= 11 is 0. The van der Waals surface area contributed by atoms with Crippen LogP contribution in [0.4, 0.5) is 4.39 Å². The normalized spacial score (nSPS) is 9.50. The molecular formula is C7H6BFNO2. The van der Waals surface area contributed by atoms with E-state index in [1.54, 1.807) is 0 Å². The van der Waals surface area contributed by atoms with E-state index >= 15 is 0 Å². The minimum atomic E-state index is -0.655. The van der Waals surface area contributed by atoms with E-state index in [1.165, 1.54) is 12.1 Å². The largest absolute Gasteiger partial charge is 0.450 e. The highest BCUT2D eigenvalue weighted by molar-refractivity contribution is 6.45. The van der Waals surface area contributed by atoms with Crippen LogP contribution in [0, 0.1) is 5.82 Å². The van der Waals surface area contributed by atoms with Crippen molar-refractivity contribution in [2.24, 2.45) is 5.73 Å². The zero-order chi connectivity index (χ0) is 9.14. The topological polar surface area (TPSA) is 63.3 Å². The average Bonchev–Trinajstić information content (AvgIpc) is 2.05. The Morgan fingerprint density at radius 2 is 2.25 bits per heavy atom. The molecule has 0 heterocycles. The highest BCUT2D eigenvalue weighted by Crippen LogP contribution is 1.98. The Labute approximate surface area is 69.3 Å². The van der Waals surface area contributed by atoms with Gasteiger partial charge in [0.25, 0.3) is 0 Å². The van der Waals surface area contributed by atoms with Gasteiger partial charge in [-0.15, -0.1) is 0 Å². The molecule has 5 heteroatoms. The highest BCUT2D eigenvalue weighted by atomic mass is 19.1. The van der Waals surface area contributed by atoms with Crippen LogP contribution in [-0.4, -0.2) is 18.4 Å². The number of benzene rings is 1. The van der Waals surface area contributed by atoms with E-state index in [1.807, 2.05) is 0 Å². The Balaban J connectivity index is 3.13. The monoisotopic (exact) mass is 166 g/mol. The fourth-order valence-corrected chi connectivity index (χ4v) is 0.796. The molecule has 0 saturated heterocycles. The smallest absolute Gasteiger partial charge is 0.329 e. The van der Waals surface area contributed by atoms with Crippen LogP contribution in [0.3, 0.4) is 0 Å². The van der Waals surface area contributed by atoms with Crippen molar-refractivity contribution in [1.82, 2.24) is 0 Å². The summed E-state index contributed by atoms with van der Waals surface area (Å²) in [5.41, 5.74) is 5.04. The van der Waals surface area contributed by atoms with Gasteiger partial charge in [0.15, 0.2) is 0 Å². The summed E-state index contributed by atoms with van der Waals surface area (Å²) < 4.78 is 12.7. The van der Waals surface area contributed by atoms with Crippen LogP contribution in [0.15, 0.2) is 18.2 Å². The van der Waals surface area contributed by atoms with Crippen molar-refractivity contribution in [3.05, 3.63) is 29.6 Å². The van der Waals surface area contributed by atoms with Crippen molar-refractivity contribution >= 4 is 18.9 Å². The number of primary amides is 1. The van der Waals surface area contributed by atoms with Gasteiger partial charge in [0, 0.05) is 5.56 Å². The molecule has 61 valence electrons. The van der Waals surface area contributed by atoms with Crippen LogP contribution in [0.25, 0.3) is 0 Å². The second kappa shape index (κ2) is 3.36. The molecule has 12 heavy (non-hydrogen) atoms. The Morgan fingerprint density at radius 3 is 2.75 bits per heavy atom. The molecule has 1 radical (unpaired) electrons. The van der Waals surface area contributed by atoms with Crippen molar-refractivity contribution in [2.45, 2.75) is 0 Å². The Morgan fingerprint density at radius 1 is 1.58 bits per heavy atom. The maximum absolute atomic E-state index is 12.7. The van der Waals surface area contributed by atoms with Gasteiger partial charge in [0.05, 0.1) is 0 Å². The number of carbonyl (C=O) groups is 1. The highest BCUT2D eigenvalue weighted by Gasteiger charge is 2.06. The van der Waals surface area contributed by atoms with Crippen LogP contribution in [0.2, 0.25) is 0 Å². The third-order valence-electron chi connectivity index (χ3n) is 1.42. The minimum absolute atomic E-state index is 0.0497. The molecular weight excluding hydrogens is 160 g/mol. The molecule has 0 bridgehead atoms. The fraction of sp³-hybridized carbons (Fsp3) is 0. The van der Waals surface area contributed by atoms with E-state index in [2.05, 4.69) is 0 Å². The van der Waals surface area contributed by atoms with Crippen LogP contribution in [0.5, 0.6) is 0 Å². The Hall–Kier alpha value is -1.36. The lowest BCUT2D eigenvalue weighted by molar-refractivity contribution is 0.100. The van der Waals surface area contributed by atoms with Crippen molar-refractivity contribution < 1.29 is 14.2 Å². The summed E-state index contributed by atoms with van der Waals surface area (Å²) in [6.07, 6.45) is 0. The minimum Gasteiger partial charge on any atom is -0.450 e. The number of nitrogens with two attached hydrogens (primary N) is 1. The van der Waals surface area contributed by atoms with Crippen molar-refractivity contribution in [2.75, 3.05) is 0 Å². The predicted octanol–water partition coefficient (Wildman–Crippen LogP) is -0.839. The third kappa shape index (κ3) is 1.62. The quantitative estimate of drug-likeness (QED) is 0.562. The standard InChI is InChI=1S/C7H6BFNO2/c9-6-2-1-4(7(10)11)3-5(6)8-12/h1-3,12H,(H2,10,11). The van der Waals surface area contributed by atoms with Gasteiger partial charge >= 0.3 is 7.48 Å². The summed E-state index contributed by atoms with van der Waals surface area (Å²) in [6.45, 7) is 0. The first-order chi connectivity index (χ1) is 5.65. The molecule has 0 saturated carbocycles. The number of carbonyl (C=O) groups excluding carboxylic acids is 1. The lowest BCUT2D eigenvalue weighted by Crippen LogP contribution is -2.21. The number of amides is 1. The average molecular weight is 166 g/mol. The number of halogens is 1. The van der Waals surface area contributed by atoms with E-state index in [0.29, 0.717) is 7.48 Å². The van der Waals surface area contributed by atoms with E-state index in [0.717, 1.165) is 6.07 Å². The van der Waals surface area contributed by atoms with Gasteiger partial charge in [0.2, 0.25) is 5.91 Å². The first-order valence-electron chi connectivity index (χ1n) is 3.22. The number of rotatable bonds is 2. The molecule has 0 aliphatic rings. The van der Waals surface area contributed by atoms with Gasteiger partial charge in [-0.1, -0.05) is 6.07 Å². The SMILES string of the molecule is NC(=O)c1ccc(F)c([B]O)c1. The molecule has 0 atom stereocenters. The molecule has 0 aliphatic heterocycles. The molecule has 3 N–H and O–H groups in total. The van der Waals surface area contributed by atoms with Crippen molar-refractivity contribution in [3.63, 3.8) is 0 Å². The van der Waals surface area contributed by atoms with E-state index in [-0.39, 0.29) is 11.0 Å². The van der Waals surface area contributed by atoms with Gasteiger partial charge in [-0.05, 0) is 17.6 Å². The van der Waals surface area contributed by atoms with E-state index in [9.17, 15) is 9.18 Å². The van der Waals surface area contributed by atoms with Crippen LogP contribution < -0.4 is 11.2 Å². The van der Waals surface area contributed by atoms with E-state index < -0.39 is 11.7 Å². The summed E-state index contributed by atoms with van der Waals surface area (Å²) in [5, 5.41) is 8.51. The second-order valence-electron chi connectivity index (χ2n) is 2.23. The Kier molecular flexibility index (Phi) is 2.45. The molecule has 0 aliphatic carbocycles. The number of hydrogen-bond acceptors (Lipinski definition) is 2. The fourth-order valence-electron chi connectivity index (χ4n) is 0.796. The molecule has 1 amide bonds. The summed E-state index contributed by atoms with van der Waals surface area (Å²) in [6, 6.07) is 3.50. The Bertz CT molecular complexity index is 316. The van der Waals surface area contributed by atoms with Gasteiger partial charge in [-0.3, -0.25) is 4.79 Å². The molecule has 1 aromatic rings. The number of hydrogen-bond donors (Lipinski definition) is 2. The molecule has 0 fully saturated rings. The lowest BCUT2D eigenvalue weighted by Gasteiger charge is -1.99. The van der Waals surface area contributed by atoms with Crippen molar-refractivity contribution in [1.29, 1.82) is 0 Å². The molecule has 1 rings (SSSR count). The van der Waals surface area contributed by atoms with Gasteiger partial charge < -0.3 is 10.8 Å².